The van der Waals surface area contributed by atoms with Crippen LogP contribution in [0.1, 0.15) is 36.1 Å². The van der Waals surface area contributed by atoms with Crippen LogP contribution in [0, 0.1) is 19.8 Å². The van der Waals surface area contributed by atoms with Crippen molar-refractivity contribution in [1.29, 1.82) is 0 Å². The van der Waals surface area contributed by atoms with Crippen LogP contribution in [0.15, 0.2) is 42.5 Å². The van der Waals surface area contributed by atoms with E-state index in [0.717, 1.165) is 16.8 Å². The molecule has 0 bridgehead atoms. The number of rotatable bonds is 5. The van der Waals surface area contributed by atoms with Gasteiger partial charge in [0.05, 0.1) is 6.04 Å². The second kappa shape index (κ2) is 9.90. The van der Waals surface area contributed by atoms with E-state index in [-0.39, 0.29) is 36.2 Å². The van der Waals surface area contributed by atoms with Crippen molar-refractivity contribution in [2.75, 3.05) is 5.32 Å². The number of amides is 2. The van der Waals surface area contributed by atoms with Crippen molar-refractivity contribution in [1.82, 2.24) is 10.6 Å². The largest absolute Gasteiger partial charge is 0.343 e. The lowest BCUT2D eigenvalue weighted by Crippen LogP contribution is -2.54. The molecule has 5 nitrogen and oxygen atoms in total. The van der Waals surface area contributed by atoms with E-state index in [1.54, 1.807) is 0 Å². The number of benzene rings is 2. The predicted octanol–water partition coefficient (Wildman–Crippen LogP) is 3.52. The maximum Gasteiger partial charge on any atom is 0.247 e. The number of anilines is 1. The predicted molar refractivity (Wildman–Crippen MR) is 119 cm³/mol. The van der Waals surface area contributed by atoms with E-state index in [1.807, 2.05) is 58.0 Å². The van der Waals surface area contributed by atoms with E-state index in [2.05, 4.69) is 28.1 Å². The summed E-state index contributed by atoms with van der Waals surface area (Å²) in [4.78, 5) is 25.7. The molecule has 0 spiro atoms. The highest BCUT2D eigenvalue weighted by molar-refractivity contribution is 5.98. The van der Waals surface area contributed by atoms with E-state index >= 15 is 0 Å². The fraction of sp³-hybridized carbons (Fsp3) is 0.391. The molecule has 2 aromatic rings. The zero-order valence-electron chi connectivity index (χ0n) is 17.4. The molecule has 1 heterocycles. The summed E-state index contributed by atoms with van der Waals surface area (Å²) in [7, 11) is 0. The minimum atomic E-state index is -0.591. The number of hydrogen-bond acceptors (Lipinski definition) is 3. The first-order valence-electron chi connectivity index (χ1n) is 9.84. The van der Waals surface area contributed by atoms with Crippen molar-refractivity contribution in [2.24, 2.45) is 5.92 Å². The number of carbonyl (C=O) groups is 2. The standard InChI is InChI=1S/C23H29N3O2.ClH/c1-14(2)21(23(28)25-19-10-9-15(3)11-16(19)4)26-22(27)20-12-17-7-5-6-8-18(17)13-24-20;/h5-11,14,20-21,24H,12-13H2,1-4H3,(H,25,28)(H,26,27);1H/t20-,21+;/m0./s1. The second-order valence-corrected chi connectivity index (χ2v) is 7.94. The minimum absolute atomic E-state index is 0. The molecule has 2 amide bonds. The highest BCUT2D eigenvalue weighted by atomic mass is 35.5. The molecule has 0 aliphatic carbocycles. The molecule has 156 valence electrons. The van der Waals surface area contributed by atoms with Crippen molar-refractivity contribution in [3.63, 3.8) is 0 Å². The van der Waals surface area contributed by atoms with Crippen LogP contribution in [0.25, 0.3) is 0 Å². The molecule has 3 N–H and O–H groups in total. The summed E-state index contributed by atoms with van der Waals surface area (Å²) >= 11 is 0. The third-order valence-electron chi connectivity index (χ3n) is 5.28. The lowest BCUT2D eigenvalue weighted by atomic mass is 9.94. The highest BCUT2D eigenvalue weighted by Crippen LogP contribution is 2.19. The number of carbonyl (C=O) groups excluding carboxylic acids is 2. The van der Waals surface area contributed by atoms with Gasteiger partial charge in [-0.25, -0.2) is 0 Å². The lowest BCUT2D eigenvalue weighted by molar-refractivity contribution is -0.128. The Kier molecular flexibility index (Phi) is 7.82. The summed E-state index contributed by atoms with van der Waals surface area (Å²) in [6.45, 7) is 8.53. The zero-order chi connectivity index (χ0) is 20.3. The van der Waals surface area contributed by atoms with Crippen LogP contribution in [0.5, 0.6) is 0 Å². The average molecular weight is 416 g/mol. The van der Waals surface area contributed by atoms with Crippen LogP contribution in [-0.2, 0) is 22.6 Å². The SMILES string of the molecule is Cc1ccc(NC(=O)[C@H](NC(=O)[C@@H]2Cc3ccccc3CN2)C(C)C)c(C)c1.Cl. The second-order valence-electron chi connectivity index (χ2n) is 7.94. The molecule has 3 rings (SSSR count). The number of fused-ring (bicyclic) bond motifs is 1. The zero-order valence-corrected chi connectivity index (χ0v) is 18.2. The van der Waals surface area contributed by atoms with E-state index in [9.17, 15) is 9.59 Å². The minimum Gasteiger partial charge on any atom is -0.343 e. The molecule has 0 radical (unpaired) electrons. The first-order valence-corrected chi connectivity index (χ1v) is 9.84. The van der Waals surface area contributed by atoms with Crippen LogP contribution < -0.4 is 16.0 Å². The monoisotopic (exact) mass is 415 g/mol. The lowest BCUT2D eigenvalue weighted by Gasteiger charge is -2.28. The summed E-state index contributed by atoms with van der Waals surface area (Å²) in [5, 5.41) is 9.20. The Morgan fingerprint density at radius 2 is 1.76 bits per heavy atom. The summed E-state index contributed by atoms with van der Waals surface area (Å²) in [5.74, 6) is -0.346. The van der Waals surface area contributed by atoms with Crippen molar-refractivity contribution in [3.8, 4) is 0 Å². The van der Waals surface area contributed by atoms with E-state index in [1.165, 1.54) is 11.1 Å². The molecule has 6 heteroatoms. The van der Waals surface area contributed by atoms with Crippen LogP contribution in [-0.4, -0.2) is 23.9 Å². The Hall–Kier alpha value is -2.37. The average Bonchev–Trinajstić information content (AvgIpc) is 2.67. The maximum absolute atomic E-state index is 12.9. The Labute approximate surface area is 179 Å². The van der Waals surface area contributed by atoms with Crippen LogP contribution in [0.4, 0.5) is 5.69 Å². The summed E-state index contributed by atoms with van der Waals surface area (Å²) < 4.78 is 0. The van der Waals surface area contributed by atoms with E-state index < -0.39 is 6.04 Å². The Morgan fingerprint density at radius 3 is 2.41 bits per heavy atom. The quantitative estimate of drug-likeness (QED) is 0.699. The Morgan fingerprint density at radius 1 is 1.07 bits per heavy atom. The molecule has 0 unspecified atom stereocenters. The van der Waals surface area contributed by atoms with Gasteiger partial charge in [-0.1, -0.05) is 55.8 Å². The van der Waals surface area contributed by atoms with Gasteiger partial charge in [0.25, 0.3) is 0 Å². The normalized spacial score (nSPS) is 16.4. The fourth-order valence-electron chi connectivity index (χ4n) is 3.59. The number of hydrogen-bond donors (Lipinski definition) is 3. The molecule has 29 heavy (non-hydrogen) atoms. The number of aryl methyl sites for hydroxylation is 2. The van der Waals surface area contributed by atoms with Crippen LogP contribution in [0.3, 0.4) is 0 Å². The van der Waals surface area contributed by atoms with Gasteiger partial charge in [-0.15, -0.1) is 12.4 Å². The van der Waals surface area contributed by atoms with Gasteiger partial charge in [0.15, 0.2) is 0 Å². The van der Waals surface area contributed by atoms with Crippen molar-refractivity contribution in [3.05, 3.63) is 64.7 Å². The molecular weight excluding hydrogens is 386 g/mol. The smallest absolute Gasteiger partial charge is 0.247 e. The van der Waals surface area contributed by atoms with E-state index in [4.69, 9.17) is 0 Å². The summed E-state index contributed by atoms with van der Waals surface area (Å²) in [5.41, 5.74) is 5.34. The van der Waals surface area contributed by atoms with Gasteiger partial charge in [-0.2, -0.15) is 0 Å². The van der Waals surface area contributed by atoms with Crippen LogP contribution in [0.2, 0.25) is 0 Å². The van der Waals surface area contributed by atoms with Crippen LogP contribution >= 0.6 is 12.4 Å². The molecule has 0 saturated carbocycles. The Bertz CT molecular complexity index is 882. The van der Waals surface area contributed by atoms with Gasteiger partial charge in [-0.05, 0) is 48.9 Å². The maximum atomic E-state index is 12.9. The summed E-state index contributed by atoms with van der Waals surface area (Å²) in [6.07, 6.45) is 0.630. The van der Waals surface area contributed by atoms with Gasteiger partial charge in [0.1, 0.15) is 6.04 Å². The van der Waals surface area contributed by atoms with Gasteiger partial charge in [0.2, 0.25) is 11.8 Å². The molecule has 0 saturated heterocycles. The molecule has 1 aliphatic rings. The molecule has 1 aliphatic heterocycles. The molecule has 2 atom stereocenters. The molecule has 0 aromatic heterocycles. The summed E-state index contributed by atoms with van der Waals surface area (Å²) in [6, 6.07) is 13.1. The van der Waals surface area contributed by atoms with E-state index in [0.29, 0.717) is 13.0 Å². The first kappa shape index (κ1) is 22.9. The third kappa shape index (κ3) is 5.58. The molecule has 2 aromatic carbocycles. The van der Waals surface area contributed by atoms with Gasteiger partial charge >= 0.3 is 0 Å². The fourth-order valence-corrected chi connectivity index (χ4v) is 3.59. The van der Waals surface area contributed by atoms with Gasteiger partial charge < -0.3 is 16.0 Å². The highest BCUT2D eigenvalue weighted by Gasteiger charge is 2.30. The Balaban J connectivity index is 0.00000300. The van der Waals surface area contributed by atoms with Crippen molar-refractivity contribution >= 4 is 29.9 Å². The molecular formula is C23H30ClN3O2. The van der Waals surface area contributed by atoms with Crippen molar-refractivity contribution < 1.29 is 9.59 Å². The number of halogens is 1. The van der Waals surface area contributed by atoms with Gasteiger partial charge in [-0.3, -0.25) is 9.59 Å². The first-order chi connectivity index (χ1) is 13.3. The third-order valence-corrected chi connectivity index (χ3v) is 5.28. The van der Waals surface area contributed by atoms with Crippen molar-refractivity contribution in [2.45, 2.75) is 52.7 Å². The topological polar surface area (TPSA) is 70.2 Å². The number of nitrogens with one attached hydrogen (secondary N) is 3. The molecule has 0 fully saturated rings. The van der Waals surface area contributed by atoms with Gasteiger partial charge in [0, 0.05) is 12.2 Å².